The van der Waals surface area contributed by atoms with Crippen molar-refractivity contribution in [2.45, 2.75) is 11.8 Å². The van der Waals surface area contributed by atoms with Crippen LogP contribution in [0.4, 0.5) is 11.4 Å². The van der Waals surface area contributed by atoms with E-state index in [0.29, 0.717) is 16.4 Å². The number of nitrogens with one attached hydrogen (secondary N) is 2. The van der Waals surface area contributed by atoms with Crippen molar-refractivity contribution in [1.29, 1.82) is 0 Å². The number of halogens is 1. The second-order valence-corrected chi connectivity index (χ2v) is 8.44. The number of hydrogen-bond donors (Lipinski definition) is 2. The molecule has 3 rings (SSSR count). The molecule has 5 nitrogen and oxygen atoms in total. The monoisotopic (exact) mass is 426 g/mol. The van der Waals surface area contributed by atoms with Crippen LogP contribution in [0, 0.1) is 6.92 Å². The standard InChI is InChI=1S/C22H19ClN2O3S/c1-16-15-18(23)8-13-21(16)25-29(27,28)20-11-9-19(10-12-20)24-22(26)14-7-17-5-3-2-4-6-17/h2-15,25H,1H3,(H,24,26)/b14-7+. The highest BCUT2D eigenvalue weighted by molar-refractivity contribution is 7.92. The van der Waals surface area contributed by atoms with E-state index in [-0.39, 0.29) is 10.8 Å². The molecule has 0 unspecified atom stereocenters. The molecule has 0 saturated carbocycles. The van der Waals surface area contributed by atoms with Gasteiger partial charge < -0.3 is 5.32 Å². The number of carbonyl (C=O) groups excluding carboxylic acids is 1. The summed E-state index contributed by atoms with van der Waals surface area (Å²) in [5.41, 5.74) is 2.58. The Kier molecular flexibility index (Phi) is 6.36. The number of amides is 1. The van der Waals surface area contributed by atoms with Gasteiger partial charge in [0.15, 0.2) is 0 Å². The van der Waals surface area contributed by atoms with Gasteiger partial charge in [-0.05, 0) is 66.6 Å². The van der Waals surface area contributed by atoms with Crippen LogP contribution in [0.15, 0.2) is 83.8 Å². The molecular weight excluding hydrogens is 408 g/mol. The average Bonchev–Trinajstić information content (AvgIpc) is 2.70. The average molecular weight is 427 g/mol. The van der Waals surface area contributed by atoms with E-state index < -0.39 is 10.0 Å². The normalized spacial score (nSPS) is 11.4. The van der Waals surface area contributed by atoms with Gasteiger partial charge in [0, 0.05) is 16.8 Å². The Morgan fingerprint density at radius 3 is 2.31 bits per heavy atom. The Balaban J connectivity index is 1.67. The first-order valence-corrected chi connectivity index (χ1v) is 10.6. The van der Waals surface area contributed by atoms with E-state index in [1.165, 1.54) is 30.3 Å². The van der Waals surface area contributed by atoms with Crippen LogP contribution in [0.25, 0.3) is 6.08 Å². The maximum atomic E-state index is 12.6. The summed E-state index contributed by atoms with van der Waals surface area (Å²) in [6.45, 7) is 1.77. The van der Waals surface area contributed by atoms with Crippen molar-refractivity contribution in [2.75, 3.05) is 10.0 Å². The molecule has 0 aromatic heterocycles. The van der Waals surface area contributed by atoms with Crippen molar-refractivity contribution in [3.63, 3.8) is 0 Å². The van der Waals surface area contributed by atoms with Gasteiger partial charge in [-0.15, -0.1) is 0 Å². The quantitative estimate of drug-likeness (QED) is 0.538. The Hall–Kier alpha value is -3.09. The van der Waals surface area contributed by atoms with Crippen molar-refractivity contribution in [3.8, 4) is 0 Å². The van der Waals surface area contributed by atoms with Gasteiger partial charge in [-0.2, -0.15) is 0 Å². The minimum absolute atomic E-state index is 0.0877. The fourth-order valence-electron chi connectivity index (χ4n) is 2.58. The van der Waals surface area contributed by atoms with E-state index in [0.717, 1.165) is 11.1 Å². The number of rotatable bonds is 6. The van der Waals surface area contributed by atoms with Crippen LogP contribution in [0.2, 0.25) is 5.02 Å². The number of sulfonamides is 1. The molecular formula is C22H19ClN2O3S. The molecule has 0 fully saturated rings. The van der Waals surface area contributed by atoms with E-state index in [9.17, 15) is 13.2 Å². The predicted molar refractivity (Wildman–Crippen MR) is 118 cm³/mol. The van der Waals surface area contributed by atoms with Crippen molar-refractivity contribution >= 4 is 45.0 Å². The molecule has 0 aliphatic carbocycles. The summed E-state index contributed by atoms with van der Waals surface area (Å²) in [7, 11) is -3.76. The van der Waals surface area contributed by atoms with Gasteiger partial charge in [0.05, 0.1) is 10.6 Å². The van der Waals surface area contributed by atoms with E-state index in [1.54, 1.807) is 31.2 Å². The summed E-state index contributed by atoms with van der Waals surface area (Å²) in [5, 5.41) is 3.23. The van der Waals surface area contributed by atoms with Crippen molar-refractivity contribution in [3.05, 3.63) is 95.0 Å². The molecule has 7 heteroatoms. The molecule has 3 aromatic carbocycles. The number of carbonyl (C=O) groups is 1. The molecule has 0 spiro atoms. The third kappa shape index (κ3) is 5.70. The molecule has 0 atom stereocenters. The van der Waals surface area contributed by atoms with Crippen LogP contribution in [-0.4, -0.2) is 14.3 Å². The SMILES string of the molecule is Cc1cc(Cl)ccc1NS(=O)(=O)c1ccc(NC(=O)/C=C/c2ccccc2)cc1. The van der Waals surface area contributed by atoms with Crippen molar-refractivity contribution in [1.82, 2.24) is 0 Å². The lowest BCUT2D eigenvalue weighted by molar-refractivity contribution is -0.111. The molecule has 148 valence electrons. The largest absolute Gasteiger partial charge is 0.323 e. The third-order valence-corrected chi connectivity index (χ3v) is 5.71. The summed E-state index contributed by atoms with van der Waals surface area (Å²) in [4.78, 5) is 12.1. The molecule has 1 amide bonds. The Morgan fingerprint density at radius 1 is 0.966 bits per heavy atom. The van der Waals surface area contributed by atoms with Gasteiger partial charge in [-0.25, -0.2) is 8.42 Å². The van der Waals surface area contributed by atoms with E-state index in [4.69, 9.17) is 11.6 Å². The van der Waals surface area contributed by atoms with Gasteiger partial charge in [0.1, 0.15) is 0 Å². The van der Waals surface area contributed by atoms with Gasteiger partial charge in [0.2, 0.25) is 5.91 Å². The molecule has 0 heterocycles. The van der Waals surface area contributed by atoms with Gasteiger partial charge in [-0.1, -0.05) is 41.9 Å². The van der Waals surface area contributed by atoms with Crippen molar-refractivity contribution < 1.29 is 13.2 Å². The van der Waals surface area contributed by atoms with Crippen LogP contribution in [0.3, 0.4) is 0 Å². The highest BCUT2D eigenvalue weighted by Gasteiger charge is 2.15. The second-order valence-electron chi connectivity index (χ2n) is 6.32. The Bertz CT molecular complexity index is 1140. The summed E-state index contributed by atoms with van der Waals surface area (Å²) in [6.07, 6.45) is 3.12. The lowest BCUT2D eigenvalue weighted by atomic mass is 10.2. The first-order chi connectivity index (χ1) is 13.8. The number of benzene rings is 3. The second kappa shape index (κ2) is 8.94. The summed E-state index contributed by atoms with van der Waals surface area (Å²) in [6, 6.07) is 20.3. The van der Waals surface area contributed by atoms with Gasteiger partial charge in [0.25, 0.3) is 10.0 Å². The highest BCUT2D eigenvalue weighted by Crippen LogP contribution is 2.23. The first-order valence-electron chi connectivity index (χ1n) is 8.77. The van der Waals surface area contributed by atoms with E-state index >= 15 is 0 Å². The van der Waals surface area contributed by atoms with Crippen LogP contribution < -0.4 is 10.0 Å². The zero-order valence-electron chi connectivity index (χ0n) is 15.6. The number of aryl methyl sites for hydroxylation is 1. The molecule has 0 saturated heterocycles. The summed E-state index contributed by atoms with van der Waals surface area (Å²) >= 11 is 5.90. The highest BCUT2D eigenvalue weighted by atomic mass is 35.5. The zero-order chi connectivity index (χ0) is 20.9. The van der Waals surface area contributed by atoms with E-state index in [2.05, 4.69) is 10.0 Å². The fraction of sp³-hybridized carbons (Fsp3) is 0.0455. The molecule has 2 N–H and O–H groups in total. The Morgan fingerprint density at radius 2 is 1.66 bits per heavy atom. The Labute approximate surface area is 175 Å². The minimum Gasteiger partial charge on any atom is -0.323 e. The fourth-order valence-corrected chi connectivity index (χ4v) is 3.94. The molecule has 0 radical (unpaired) electrons. The zero-order valence-corrected chi connectivity index (χ0v) is 17.2. The van der Waals surface area contributed by atoms with Gasteiger partial charge >= 0.3 is 0 Å². The lowest BCUT2D eigenvalue weighted by Gasteiger charge is -2.11. The molecule has 3 aromatic rings. The lowest BCUT2D eigenvalue weighted by Crippen LogP contribution is -2.14. The van der Waals surface area contributed by atoms with Crippen LogP contribution in [0.5, 0.6) is 0 Å². The molecule has 0 aliphatic rings. The third-order valence-electron chi connectivity index (χ3n) is 4.09. The smallest absolute Gasteiger partial charge is 0.261 e. The van der Waals surface area contributed by atoms with Crippen molar-refractivity contribution in [2.24, 2.45) is 0 Å². The molecule has 29 heavy (non-hydrogen) atoms. The molecule has 0 bridgehead atoms. The topological polar surface area (TPSA) is 75.3 Å². The first kappa shape index (κ1) is 20.6. The van der Waals surface area contributed by atoms with E-state index in [1.807, 2.05) is 30.3 Å². The summed E-state index contributed by atoms with van der Waals surface area (Å²) in [5.74, 6) is -0.306. The summed E-state index contributed by atoms with van der Waals surface area (Å²) < 4.78 is 27.7. The maximum absolute atomic E-state index is 12.6. The minimum atomic E-state index is -3.76. The maximum Gasteiger partial charge on any atom is 0.261 e. The predicted octanol–water partition coefficient (Wildman–Crippen LogP) is 5.10. The van der Waals surface area contributed by atoms with Crippen LogP contribution >= 0.6 is 11.6 Å². The van der Waals surface area contributed by atoms with Gasteiger partial charge in [-0.3, -0.25) is 9.52 Å². The van der Waals surface area contributed by atoms with Crippen LogP contribution in [0.1, 0.15) is 11.1 Å². The number of anilines is 2. The van der Waals surface area contributed by atoms with Crippen LogP contribution in [-0.2, 0) is 14.8 Å². The molecule has 0 aliphatic heterocycles. The number of hydrogen-bond acceptors (Lipinski definition) is 3.